The molecule has 198 valence electrons. The number of nitro benzene ring substituents is 2. The summed E-state index contributed by atoms with van der Waals surface area (Å²) >= 11 is 18.7. The van der Waals surface area contributed by atoms with E-state index in [-0.39, 0.29) is 32.8 Å². The highest BCUT2D eigenvalue weighted by molar-refractivity contribution is 6.40. The molecule has 1 aliphatic heterocycles. The lowest BCUT2D eigenvalue weighted by Gasteiger charge is -2.27. The van der Waals surface area contributed by atoms with Crippen LogP contribution in [0.25, 0.3) is 6.08 Å². The van der Waals surface area contributed by atoms with Crippen LogP contribution in [0.15, 0.2) is 54.1 Å². The Bertz CT molecular complexity index is 1620. The zero-order chi connectivity index (χ0) is 28.6. The largest absolute Gasteiger partial charge is 0.447 e. The van der Waals surface area contributed by atoms with Crippen LogP contribution in [-0.4, -0.2) is 27.7 Å². The summed E-state index contributed by atoms with van der Waals surface area (Å²) in [6.45, 7) is 1.60. The van der Waals surface area contributed by atoms with Crippen LogP contribution in [0.4, 0.5) is 21.9 Å². The molecule has 12 nitrogen and oxygen atoms in total. The second kappa shape index (κ2) is 10.7. The fourth-order valence-corrected chi connectivity index (χ4v) is 4.35. The van der Waals surface area contributed by atoms with Gasteiger partial charge in [-0.2, -0.15) is 0 Å². The van der Waals surface area contributed by atoms with Gasteiger partial charge in [-0.1, -0.05) is 40.9 Å². The number of carbonyl (C=O) groups excluding carboxylic acids is 3. The third-order valence-corrected chi connectivity index (χ3v) is 6.45. The van der Waals surface area contributed by atoms with Gasteiger partial charge in [0.25, 0.3) is 17.5 Å². The van der Waals surface area contributed by atoms with E-state index >= 15 is 0 Å². The van der Waals surface area contributed by atoms with Crippen LogP contribution in [0.5, 0.6) is 11.5 Å². The van der Waals surface area contributed by atoms with Crippen molar-refractivity contribution in [3.8, 4) is 11.5 Å². The van der Waals surface area contributed by atoms with Gasteiger partial charge in [-0.05, 0) is 54.5 Å². The molecule has 0 aromatic heterocycles. The lowest BCUT2D eigenvalue weighted by atomic mass is 10.1. The number of imide groups is 2. The van der Waals surface area contributed by atoms with Crippen LogP contribution in [0.1, 0.15) is 11.1 Å². The number of benzene rings is 3. The van der Waals surface area contributed by atoms with Crippen LogP contribution in [-0.2, 0) is 9.59 Å². The molecule has 1 aliphatic rings. The maximum Gasteiger partial charge on any atom is 0.335 e. The minimum atomic E-state index is -0.963. The van der Waals surface area contributed by atoms with Gasteiger partial charge in [0.1, 0.15) is 5.57 Å². The Labute approximate surface area is 233 Å². The Kier molecular flexibility index (Phi) is 7.54. The van der Waals surface area contributed by atoms with E-state index in [1.807, 2.05) is 0 Å². The first-order chi connectivity index (χ1) is 18.4. The van der Waals surface area contributed by atoms with Crippen molar-refractivity contribution in [3.63, 3.8) is 0 Å². The minimum absolute atomic E-state index is 0.158. The first kappa shape index (κ1) is 27.5. The molecule has 0 bridgehead atoms. The van der Waals surface area contributed by atoms with E-state index in [1.54, 1.807) is 19.1 Å². The number of nitrogens with one attached hydrogen (secondary N) is 1. The molecular formula is C24H13Cl3N4O8. The SMILES string of the molecule is Cc1c(Cl)cccc1N1C(=O)NC(=O)/C(=C\c2cc(Cl)c(Oc3ccc([N+](=O)[O-])cc3[N+](=O)[O-])c(Cl)c2)C1=O. The molecule has 39 heavy (non-hydrogen) atoms. The summed E-state index contributed by atoms with van der Waals surface area (Å²) in [7, 11) is 0. The van der Waals surface area contributed by atoms with Crippen LogP contribution in [0, 0.1) is 27.2 Å². The van der Waals surface area contributed by atoms with Crippen molar-refractivity contribution in [1.82, 2.24) is 5.32 Å². The smallest absolute Gasteiger partial charge is 0.335 e. The van der Waals surface area contributed by atoms with Gasteiger partial charge in [0.15, 0.2) is 5.75 Å². The summed E-state index contributed by atoms with van der Waals surface area (Å²) in [5, 5.41) is 24.4. The number of carbonyl (C=O) groups is 3. The highest BCUT2D eigenvalue weighted by Crippen LogP contribution is 2.42. The fraction of sp³-hybridized carbons (Fsp3) is 0.0417. The molecule has 15 heteroatoms. The number of non-ortho nitro benzene ring substituents is 1. The van der Waals surface area contributed by atoms with Crippen molar-refractivity contribution >= 4 is 75.8 Å². The molecule has 3 aromatic carbocycles. The van der Waals surface area contributed by atoms with Crippen LogP contribution in [0.3, 0.4) is 0 Å². The van der Waals surface area contributed by atoms with Crippen molar-refractivity contribution in [3.05, 3.63) is 101 Å². The number of halogens is 3. The average Bonchev–Trinajstić information content (AvgIpc) is 2.86. The van der Waals surface area contributed by atoms with Crippen LogP contribution in [0.2, 0.25) is 15.1 Å². The Hall–Kier alpha value is -4.52. The summed E-state index contributed by atoms with van der Waals surface area (Å²) in [5.74, 6) is -2.48. The zero-order valence-electron chi connectivity index (χ0n) is 19.4. The highest BCUT2D eigenvalue weighted by atomic mass is 35.5. The number of hydrogen-bond donors (Lipinski definition) is 1. The van der Waals surface area contributed by atoms with Gasteiger partial charge in [-0.25, -0.2) is 9.69 Å². The fourth-order valence-electron chi connectivity index (χ4n) is 3.60. The molecule has 1 N–H and O–H groups in total. The Morgan fingerprint density at radius 1 is 0.923 bits per heavy atom. The molecule has 4 amide bonds. The van der Waals surface area contributed by atoms with Crippen molar-refractivity contribution in [2.75, 3.05) is 4.90 Å². The second-order valence-corrected chi connectivity index (χ2v) is 9.15. The number of amides is 4. The molecule has 3 aromatic rings. The molecule has 0 atom stereocenters. The van der Waals surface area contributed by atoms with E-state index in [2.05, 4.69) is 5.32 Å². The van der Waals surface area contributed by atoms with Gasteiger partial charge in [-0.3, -0.25) is 35.1 Å². The number of anilines is 1. The van der Waals surface area contributed by atoms with Crippen LogP contribution < -0.4 is 15.0 Å². The molecule has 4 rings (SSSR count). The van der Waals surface area contributed by atoms with Gasteiger partial charge in [0.2, 0.25) is 5.75 Å². The van der Waals surface area contributed by atoms with E-state index in [4.69, 9.17) is 39.5 Å². The maximum absolute atomic E-state index is 13.2. The van der Waals surface area contributed by atoms with E-state index in [1.165, 1.54) is 18.2 Å². The summed E-state index contributed by atoms with van der Waals surface area (Å²) in [5.41, 5.74) is -0.874. The van der Waals surface area contributed by atoms with Gasteiger partial charge >= 0.3 is 11.7 Å². The Morgan fingerprint density at radius 3 is 2.21 bits per heavy atom. The van der Waals surface area contributed by atoms with Crippen molar-refractivity contribution < 1.29 is 29.0 Å². The zero-order valence-corrected chi connectivity index (χ0v) is 21.7. The normalized spacial score (nSPS) is 14.4. The molecule has 0 unspecified atom stereocenters. The van der Waals surface area contributed by atoms with Gasteiger partial charge < -0.3 is 4.74 Å². The van der Waals surface area contributed by atoms with E-state index in [0.29, 0.717) is 10.6 Å². The topological polar surface area (TPSA) is 162 Å². The molecular weight excluding hydrogens is 579 g/mol. The van der Waals surface area contributed by atoms with Crippen molar-refractivity contribution in [1.29, 1.82) is 0 Å². The first-order valence-corrected chi connectivity index (χ1v) is 11.8. The Balaban J connectivity index is 1.70. The third kappa shape index (κ3) is 5.39. The molecule has 1 fully saturated rings. The number of ether oxygens (including phenoxy) is 1. The monoisotopic (exact) mass is 590 g/mol. The molecule has 1 saturated heterocycles. The standard InChI is InChI=1S/C24H13Cl3N4O8/c1-11-15(25)3-2-4-18(11)29-23(33)14(22(32)28-24(29)34)7-12-8-16(26)21(17(27)9-12)39-20-6-5-13(30(35)36)10-19(20)31(37)38/h2-10H,1H3,(H,28,32,34)/b14-7+. The third-order valence-electron chi connectivity index (χ3n) is 5.48. The maximum atomic E-state index is 13.2. The van der Waals surface area contributed by atoms with E-state index in [0.717, 1.165) is 29.2 Å². The molecule has 0 radical (unpaired) electrons. The lowest BCUT2D eigenvalue weighted by molar-refractivity contribution is -0.394. The number of hydrogen-bond acceptors (Lipinski definition) is 8. The summed E-state index contributed by atoms with van der Waals surface area (Å²) in [4.78, 5) is 59.7. The van der Waals surface area contributed by atoms with E-state index in [9.17, 15) is 34.6 Å². The predicted molar refractivity (Wildman–Crippen MR) is 141 cm³/mol. The average molecular weight is 592 g/mol. The van der Waals surface area contributed by atoms with Gasteiger partial charge in [0, 0.05) is 11.1 Å². The predicted octanol–water partition coefficient (Wildman–Crippen LogP) is 6.23. The van der Waals surface area contributed by atoms with E-state index < -0.39 is 44.6 Å². The van der Waals surface area contributed by atoms with Crippen LogP contribution >= 0.6 is 34.8 Å². The summed E-state index contributed by atoms with van der Waals surface area (Å²) in [6, 6.07) is 8.92. The van der Waals surface area contributed by atoms with Crippen molar-refractivity contribution in [2.45, 2.75) is 6.92 Å². The van der Waals surface area contributed by atoms with Gasteiger partial charge in [0.05, 0.1) is 31.6 Å². The number of nitro groups is 2. The molecule has 0 aliphatic carbocycles. The molecule has 1 heterocycles. The quantitative estimate of drug-likeness (QED) is 0.153. The number of urea groups is 1. The summed E-state index contributed by atoms with van der Waals surface area (Å²) in [6.07, 6.45) is 1.15. The number of rotatable bonds is 6. The molecule has 0 saturated carbocycles. The highest BCUT2D eigenvalue weighted by Gasteiger charge is 2.37. The minimum Gasteiger partial charge on any atom is -0.447 e. The first-order valence-electron chi connectivity index (χ1n) is 10.6. The molecule has 0 spiro atoms. The van der Waals surface area contributed by atoms with Gasteiger partial charge in [-0.15, -0.1) is 0 Å². The Morgan fingerprint density at radius 2 is 1.59 bits per heavy atom. The number of barbiturate groups is 1. The second-order valence-electron chi connectivity index (χ2n) is 7.92. The van der Waals surface area contributed by atoms with Crippen molar-refractivity contribution in [2.24, 2.45) is 0 Å². The number of nitrogens with zero attached hydrogens (tertiary/aromatic N) is 3. The lowest BCUT2D eigenvalue weighted by Crippen LogP contribution is -2.54. The summed E-state index contributed by atoms with van der Waals surface area (Å²) < 4.78 is 5.51.